The molecule has 0 spiro atoms. The fraction of sp³-hybridized carbons (Fsp3) is 0.500. The second-order valence-corrected chi connectivity index (χ2v) is 6.01. The fourth-order valence-electron chi connectivity index (χ4n) is 1.54. The van der Waals surface area contributed by atoms with Gasteiger partial charge in [-0.3, -0.25) is 5.32 Å². The molecule has 0 heterocycles. The number of hydrogen-bond acceptors (Lipinski definition) is 2. The van der Waals surface area contributed by atoms with E-state index in [0.29, 0.717) is 0 Å². The van der Waals surface area contributed by atoms with Crippen LogP contribution in [0.2, 0.25) is 0 Å². The molecule has 18 heavy (non-hydrogen) atoms. The molecule has 0 bridgehead atoms. The normalized spacial score (nSPS) is 11.2. The monoisotopic (exact) mass is 313 g/mol. The van der Waals surface area contributed by atoms with Crippen molar-refractivity contribution in [3.05, 3.63) is 29.3 Å². The molecule has 0 aromatic heterocycles. The van der Waals surface area contributed by atoms with Gasteiger partial charge in [0.2, 0.25) is 0 Å². The number of anilines is 1. The maximum atomic E-state index is 11.7. The van der Waals surface area contributed by atoms with Crippen LogP contribution >= 0.6 is 15.9 Å². The third-order valence-electron chi connectivity index (χ3n) is 2.31. The van der Waals surface area contributed by atoms with Gasteiger partial charge in [-0.1, -0.05) is 28.1 Å². The Morgan fingerprint density at radius 3 is 2.56 bits per heavy atom. The summed E-state index contributed by atoms with van der Waals surface area (Å²) >= 11 is 3.41. The largest absolute Gasteiger partial charge is 0.444 e. The molecule has 0 aliphatic carbocycles. The summed E-state index contributed by atoms with van der Waals surface area (Å²) in [5, 5.41) is 3.70. The van der Waals surface area contributed by atoms with Crippen LogP contribution in [0.4, 0.5) is 10.5 Å². The number of hydrogen-bond donors (Lipinski definition) is 1. The molecule has 1 amide bonds. The first-order chi connectivity index (χ1) is 8.31. The minimum absolute atomic E-state index is 0.418. The molecular weight excluding hydrogens is 294 g/mol. The van der Waals surface area contributed by atoms with Crippen molar-refractivity contribution in [2.75, 3.05) is 10.6 Å². The lowest BCUT2D eigenvalue weighted by Gasteiger charge is -2.20. The van der Waals surface area contributed by atoms with Crippen molar-refractivity contribution in [2.45, 2.75) is 39.7 Å². The van der Waals surface area contributed by atoms with E-state index in [9.17, 15) is 4.79 Å². The number of amides is 1. The van der Waals surface area contributed by atoms with Crippen LogP contribution in [-0.2, 0) is 11.2 Å². The van der Waals surface area contributed by atoms with E-state index in [0.717, 1.165) is 23.0 Å². The lowest BCUT2D eigenvalue weighted by molar-refractivity contribution is 0.0636. The standard InChI is InChI=1S/C14H20BrNO2/c1-10-9-11(7-8-15)5-6-12(10)16-13(17)18-14(2,3)4/h5-6,9H,7-8H2,1-4H3,(H,16,17). The van der Waals surface area contributed by atoms with E-state index in [4.69, 9.17) is 4.74 Å². The van der Waals surface area contributed by atoms with Gasteiger partial charge in [-0.2, -0.15) is 0 Å². The summed E-state index contributed by atoms with van der Waals surface area (Å²) in [6.45, 7) is 7.51. The lowest BCUT2D eigenvalue weighted by Crippen LogP contribution is -2.27. The van der Waals surface area contributed by atoms with Crippen molar-refractivity contribution in [2.24, 2.45) is 0 Å². The van der Waals surface area contributed by atoms with E-state index in [1.54, 1.807) is 0 Å². The molecule has 0 unspecified atom stereocenters. The topological polar surface area (TPSA) is 38.3 Å². The number of halogens is 1. The molecule has 0 aliphatic heterocycles. The molecule has 1 N–H and O–H groups in total. The first kappa shape index (κ1) is 15.0. The highest BCUT2D eigenvalue weighted by Crippen LogP contribution is 2.18. The highest BCUT2D eigenvalue weighted by molar-refractivity contribution is 9.09. The molecule has 100 valence electrons. The predicted octanol–water partition coefficient (Wildman–Crippen LogP) is 4.28. The summed E-state index contributed by atoms with van der Waals surface area (Å²) in [6, 6.07) is 6.01. The molecule has 0 aliphatic rings. The van der Waals surface area contributed by atoms with Crippen LogP contribution < -0.4 is 5.32 Å². The molecule has 0 saturated carbocycles. The number of benzene rings is 1. The lowest BCUT2D eigenvalue weighted by atomic mass is 10.1. The summed E-state index contributed by atoms with van der Waals surface area (Å²) in [5.41, 5.74) is 2.61. The zero-order valence-electron chi connectivity index (χ0n) is 11.3. The summed E-state index contributed by atoms with van der Waals surface area (Å²) in [4.78, 5) is 11.7. The number of rotatable bonds is 3. The third-order valence-corrected chi connectivity index (χ3v) is 2.71. The number of aryl methyl sites for hydroxylation is 2. The smallest absolute Gasteiger partial charge is 0.412 e. The van der Waals surface area contributed by atoms with Crippen molar-refractivity contribution < 1.29 is 9.53 Å². The van der Waals surface area contributed by atoms with Crippen molar-refractivity contribution in [1.29, 1.82) is 0 Å². The Hall–Kier alpha value is -1.03. The fourth-order valence-corrected chi connectivity index (χ4v) is 2.00. The second-order valence-electron chi connectivity index (χ2n) is 5.22. The van der Waals surface area contributed by atoms with Gasteiger partial charge in [0.1, 0.15) is 5.60 Å². The average molecular weight is 314 g/mol. The summed E-state index contributed by atoms with van der Waals surface area (Å²) in [6.07, 6.45) is 0.562. The van der Waals surface area contributed by atoms with Crippen LogP contribution in [0.15, 0.2) is 18.2 Å². The van der Waals surface area contributed by atoms with Crippen molar-refractivity contribution >= 4 is 27.7 Å². The molecule has 4 heteroatoms. The van der Waals surface area contributed by atoms with Gasteiger partial charge in [-0.05, 0) is 51.3 Å². The first-order valence-corrected chi connectivity index (χ1v) is 7.09. The Morgan fingerprint density at radius 1 is 1.39 bits per heavy atom. The van der Waals surface area contributed by atoms with E-state index in [1.165, 1.54) is 5.56 Å². The quantitative estimate of drug-likeness (QED) is 0.846. The van der Waals surface area contributed by atoms with Crippen molar-refractivity contribution in [1.82, 2.24) is 0 Å². The van der Waals surface area contributed by atoms with E-state index >= 15 is 0 Å². The minimum Gasteiger partial charge on any atom is -0.444 e. The van der Waals surface area contributed by atoms with Crippen LogP contribution in [0.1, 0.15) is 31.9 Å². The third kappa shape index (κ3) is 5.08. The highest BCUT2D eigenvalue weighted by atomic mass is 79.9. The molecule has 1 rings (SSSR count). The van der Waals surface area contributed by atoms with Gasteiger partial charge >= 0.3 is 6.09 Å². The Bertz CT molecular complexity index is 424. The molecule has 0 fully saturated rings. The van der Waals surface area contributed by atoms with E-state index in [-0.39, 0.29) is 0 Å². The highest BCUT2D eigenvalue weighted by Gasteiger charge is 2.16. The number of alkyl halides is 1. The maximum Gasteiger partial charge on any atom is 0.412 e. The Morgan fingerprint density at radius 2 is 2.06 bits per heavy atom. The maximum absolute atomic E-state index is 11.7. The molecule has 0 atom stereocenters. The van der Waals surface area contributed by atoms with Gasteiger partial charge in [0.05, 0.1) is 0 Å². The zero-order chi connectivity index (χ0) is 13.8. The van der Waals surface area contributed by atoms with Gasteiger partial charge in [0.15, 0.2) is 0 Å². The summed E-state index contributed by atoms with van der Waals surface area (Å²) in [7, 11) is 0. The molecule has 1 aromatic rings. The second kappa shape index (κ2) is 6.23. The first-order valence-electron chi connectivity index (χ1n) is 5.97. The number of nitrogens with one attached hydrogen (secondary N) is 1. The molecule has 0 radical (unpaired) electrons. The van der Waals surface area contributed by atoms with Gasteiger partial charge in [0, 0.05) is 11.0 Å². The molecule has 0 saturated heterocycles. The summed E-state index contributed by atoms with van der Waals surface area (Å²) in [5.74, 6) is 0. The SMILES string of the molecule is Cc1cc(CCBr)ccc1NC(=O)OC(C)(C)C. The molecule has 3 nitrogen and oxygen atoms in total. The predicted molar refractivity (Wildman–Crippen MR) is 78.5 cm³/mol. The van der Waals surface area contributed by atoms with Crippen molar-refractivity contribution in [3.63, 3.8) is 0 Å². The van der Waals surface area contributed by atoms with E-state index in [2.05, 4.69) is 27.3 Å². The zero-order valence-corrected chi connectivity index (χ0v) is 12.9. The van der Waals surface area contributed by atoms with Crippen LogP contribution in [0.3, 0.4) is 0 Å². The van der Waals surface area contributed by atoms with Crippen LogP contribution in [0.25, 0.3) is 0 Å². The Kier molecular flexibility index (Phi) is 5.20. The van der Waals surface area contributed by atoms with Gasteiger partial charge in [-0.15, -0.1) is 0 Å². The number of carbonyl (C=O) groups excluding carboxylic acids is 1. The van der Waals surface area contributed by atoms with Crippen molar-refractivity contribution in [3.8, 4) is 0 Å². The van der Waals surface area contributed by atoms with Gasteiger partial charge in [-0.25, -0.2) is 4.79 Å². The molecular formula is C14H20BrNO2. The van der Waals surface area contributed by atoms with Gasteiger partial charge < -0.3 is 4.74 Å². The Labute approximate surface area is 117 Å². The Balaban J connectivity index is 2.71. The van der Waals surface area contributed by atoms with Crippen LogP contribution in [0, 0.1) is 6.92 Å². The van der Waals surface area contributed by atoms with E-state index < -0.39 is 11.7 Å². The van der Waals surface area contributed by atoms with E-state index in [1.807, 2.05) is 39.8 Å². The molecule has 1 aromatic carbocycles. The van der Waals surface area contributed by atoms with Gasteiger partial charge in [0.25, 0.3) is 0 Å². The average Bonchev–Trinajstić information content (AvgIpc) is 2.20. The number of ether oxygens (including phenoxy) is 1. The van der Waals surface area contributed by atoms with Crippen LogP contribution in [-0.4, -0.2) is 17.0 Å². The van der Waals surface area contributed by atoms with Crippen LogP contribution in [0.5, 0.6) is 0 Å². The minimum atomic E-state index is -0.478. The summed E-state index contributed by atoms with van der Waals surface area (Å²) < 4.78 is 5.22. The number of carbonyl (C=O) groups is 1.